The average molecular weight is 207 g/mol. The summed E-state index contributed by atoms with van der Waals surface area (Å²) in [7, 11) is 0. The largest absolute Gasteiger partial charge is 0.356 e. The van der Waals surface area contributed by atoms with Crippen LogP contribution in [0.1, 0.15) is 39.0 Å². The molecule has 2 rings (SSSR count). The van der Waals surface area contributed by atoms with E-state index < -0.39 is 0 Å². The maximum atomic E-state index is 4.33. The summed E-state index contributed by atoms with van der Waals surface area (Å²) in [6, 6.07) is 0. The van der Waals surface area contributed by atoms with E-state index >= 15 is 0 Å². The fourth-order valence-electron chi connectivity index (χ4n) is 2.00. The lowest BCUT2D eigenvalue weighted by Crippen LogP contribution is -2.15. The Hall–Kier alpha value is -0.990. The predicted molar refractivity (Wildman–Crippen MR) is 63.0 cm³/mol. The average Bonchev–Trinajstić information content (AvgIpc) is 2.60. The molecule has 1 saturated carbocycles. The molecule has 0 aliphatic heterocycles. The highest BCUT2D eigenvalue weighted by Crippen LogP contribution is 2.29. The van der Waals surface area contributed by atoms with Crippen LogP contribution in [0.3, 0.4) is 0 Å². The standard InChI is InChI=1S/C12H21N3/c1-2-7-13-12-14-8-10-15(12)9-6-11-4-3-5-11/h8,10-11H,2-7,9H2,1H3,(H,13,14). The second-order valence-corrected chi connectivity index (χ2v) is 4.46. The van der Waals surface area contributed by atoms with Crippen LogP contribution in [-0.4, -0.2) is 16.1 Å². The summed E-state index contributed by atoms with van der Waals surface area (Å²) < 4.78 is 2.24. The molecule has 1 aliphatic rings. The molecular weight excluding hydrogens is 186 g/mol. The smallest absolute Gasteiger partial charge is 0.202 e. The van der Waals surface area contributed by atoms with Crippen LogP contribution in [0.2, 0.25) is 0 Å². The third-order valence-electron chi connectivity index (χ3n) is 3.25. The van der Waals surface area contributed by atoms with Crippen molar-refractivity contribution in [2.45, 2.75) is 45.6 Å². The molecule has 0 amide bonds. The predicted octanol–water partition coefficient (Wildman–Crippen LogP) is 2.90. The number of hydrogen-bond acceptors (Lipinski definition) is 2. The van der Waals surface area contributed by atoms with Gasteiger partial charge in [-0.1, -0.05) is 26.2 Å². The van der Waals surface area contributed by atoms with Gasteiger partial charge in [0, 0.05) is 25.5 Å². The molecule has 0 aromatic carbocycles. The Morgan fingerprint density at radius 2 is 2.40 bits per heavy atom. The van der Waals surface area contributed by atoms with Gasteiger partial charge in [-0.15, -0.1) is 0 Å². The monoisotopic (exact) mass is 207 g/mol. The number of aromatic nitrogens is 2. The number of nitrogens with zero attached hydrogens (tertiary/aromatic N) is 2. The van der Waals surface area contributed by atoms with Gasteiger partial charge in [0.15, 0.2) is 0 Å². The lowest BCUT2D eigenvalue weighted by molar-refractivity contribution is 0.283. The highest BCUT2D eigenvalue weighted by molar-refractivity contribution is 5.25. The number of imidazole rings is 1. The van der Waals surface area contributed by atoms with Gasteiger partial charge in [-0.2, -0.15) is 0 Å². The van der Waals surface area contributed by atoms with E-state index in [1.807, 2.05) is 6.20 Å². The van der Waals surface area contributed by atoms with Crippen LogP contribution in [0.15, 0.2) is 12.4 Å². The molecule has 0 atom stereocenters. The summed E-state index contributed by atoms with van der Waals surface area (Å²) in [4.78, 5) is 4.33. The first-order chi connectivity index (χ1) is 7.40. The molecule has 84 valence electrons. The van der Waals surface area contributed by atoms with Crippen LogP contribution >= 0.6 is 0 Å². The van der Waals surface area contributed by atoms with E-state index in [1.54, 1.807) is 0 Å². The van der Waals surface area contributed by atoms with Gasteiger partial charge >= 0.3 is 0 Å². The highest BCUT2D eigenvalue weighted by atomic mass is 15.2. The highest BCUT2D eigenvalue weighted by Gasteiger charge is 2.17. The van der Waals surface area contributed by atoms with Crippen molar-refractivity contribution in [3.8, 4) is 0 Å². The Labute approximate surface area is 91.9 Å². The fourth-order valence-corrected chi connectivity index (χ4v) is 2.00. The molecule has 0 unspecified atom stereocenters. The van der Waals surface area contributed by atoms with Crippen molar-refractivity contribution in [3.63, 3.8) is 0 Å². The minimum Gasteiger partial charge on any atom is -0.356 e. The van der Waals surface area contributed by atoms with Crippen LogP contribution < -0.4 is 5.32 Å². The molecule has 0 radical (unpaired) electrons. The minimum atomic E-state index is 0.978. The summed E-state index contributed by atoms with van der Waals surface area (Å²) >= 11 is 0. The molecule has 1 aliphatic carbocycles. The van der Waals surface area contributed by atoms with E-state index in [-0.39, 0.29) is 0 Å². The molecule has 1 fully saturated rings. The van der Waals surface area contributed by atoms with E-state index in [2.05, 4.69) is 28.0 Å². The number of anilines is 1. The van der Waals surface area contributed by atoms with E-state index in [0.29, 0.717) is 0 Å². The fraction of sp³-hybridized carbons (Fsp3) is 0.750. The number of aryl methyl sites for hydroxylation is 1. The van der Waals surface area contributed by atoms with Crippen LogP contribution in [0.4, 0.5) is 5.95 Å². The third kappa shape index (κ3) is 2.74. The Bertz CT molecular complexity index is 289. The molecule has 0 saturated heterocycles. The first-order valence-corrected chi connectivity index (χ1v) is 6.15. The van der Waals surface area contributed by atoms with Crippen LogP contribution in [0.25, 0.3) is 0 Å². The van der Waals surface area contributed by atoms with E-state index in [0.717, 1.165) is 31.4 Å². The molecule has 1 heterocycles. The number of rotatable bonds is 6. The van der Waals surface area contributed by atoms with Gasteiger partial charge < -0.3 is 9.88 Å². The zero-order chi connectivity index (χ0) is 10.5. The molecule has 1 aromatic rings. The summed E-state index contributed by atoms with van der Waals surface area (Å²) in [5.74, 6) is 2.02. The summed E-state index contributed by atoms with van der Waals surface area (Å²) in [5, 5.41) is 3.35. The summed E-state index contributed by atoms with van der Waals surface area (Å²) in [5.41, 5.74) is 0. The van der Waals surface area contributed by atoms with Crippen LogP contribution in [0, 0.1) is 5.92 Å². The zero-order valence-electron chi connectivity index (χ0n) is 9.58. The Balaban J connectivity index is 1.80. The maximum absolute atomic E-state index is 4.33. The first-order valence-electron chi connectivity index (χ1n) is 6.15. The second-order valence-electron chi connectivity index (χ2n) is 4.46. The van der Waals surface area contributed by atoms with Crippen molar-refractivity contribution in [1.82, 2.24) is 9.55 Å². The minimum absolute atomic E-state index is 0.978. The molecule has 0 bridgehead atoms. The Kier molecular flexibility index (Phi) is 3.64. The molecule has 3 nitrogen and oxygen atoms in total. The molecule has 1 N–H and O–H groups in total. The lowest BCUT2D eigenvalue weighted by atomic mass is 9.83. The van der Waals surface area contributed by atoms with Gasteiger partial charge in [0.2, 0.25) is 5.95 Å². The van der Waals surface area contributed by atoms with E-state index in [4.69, 9.17) is 0 Å². The van der Waals surface area contributed by atoms with Gasteiger partial charge in [0.05, 0.1) is 0 Å². The topological polar surface area (TPSA) is 29.9 Å². The maximum Gasteiger partial charge on any atom is 0.202 e. The Morgan fingerprint density at radius 3 is 3.07 bits per heavy atom. The molecular formula is C12H21N3. The second kappa shape index (κ2) is 5.19. The van der Waals surface area contributed by atoms with Crippen LogP contribution in [-0.2, 0) is 6.54 Å². The molecule has 1 aromatic heterocycles. The summed E-state index contributed by atoms with van der Waals surface area (Å²) in [6.07, 6.45) is 10.7. The van der Waals surface area contributed by atoms with Gasteiger partial charge in [-0.3, -0.25) is 0 Å². The molecule has 0 spiro atoms. The van der Waals surface area contributed by atoms with Gasteiger partial charge in [0.25, 0.3) is 0 Å². The quantitative estimate of drug-likeness (QED) is 0.777. The van der Waals surface area contributed by atoms with E-state index in [9.17, 15) is 0 Å². The zero-order valence-corrected chi connectivity index (χ0v) is 9.58. The number of hydrogen-bond donors (Lipinski definition) is 1. The van der Waals surface area contributed by atoms with E-state index in [1.165, 1.54) is 25.7 Å². The van der Waals surface area contributed by atoms with Gasteiger partial charge in [-0.05, 0) is 18.8 Å². The SMILES string of the molecule is CCCNc1nccn1CCC1CCC1. The molecule has 15 heavy (non-hydrogen) atoms. The van der Waals surface area contributed by atoms with Crippen molar-refractivity contribution in [1.29, 1.82) is 0 Å². The third-order valence-corrected chi connectivity index (χ3v) is 3.25. The van der Waals surface area contributed by atoms with Crippen molar-refractivity contribution in [2.24, 2.45) is 5.92 Å². The van der Waals surface area contributed by atoms with Crippen LogP contribution in [0.5, 0.6) is 0 Å². The van der Waals surface area contributed by atoms with Crippen molar-refractivity contribution >= 4 is 5.95 Å². The first kappa shape index (κ1) is 10.5. The lowest BCUT2D eigenvalue weighted by Gasteiger charge is -2.25. The molecule has 3 heteroatoms. The van der Waals surface area contributed by atoms with Crippen molar-refractivity contribution < 1.29 is 0 Å². The van der Waals surface area contributed by atoms with Gasteiger partial charge in [-0.25, -0.2) is 4.98 Å². The Morgan fingerprint density at radius 1 is 1.53 bits per heavy atom. The normalized spacial score (nSPS) is 16.3. The number of nitrogens with one attached hydrogen (secondary N) is 1. The van der Waals surface area contributed by atoms with Crippen molar-refractivity contribution in [3.05, 3.63) is 12.4 Å². The van der Waals surface area contributed by atoms with Gasteiger partial charge in [0.1, 0.15) is 0 Å². The summed E-state index contributed by atoms with van der Waals surface area (Å²) in [6.45, 7) is 4.31. The van der Waals surface area contributed by atoms with Crippen molar-refractivity contribution in [2.75, 3.05) is 11.9 Å².